The highest BCUT2D eigenvalue weighted by molar-refractivity contribution is 6.04. The topological polar surface area (TPSA) is 93.7 Å². The summed E-state index contributed by atoms with van der Waals surface area (Å²) in [6.07, 6.45) is 2.85. The number of aryl methyl sites for hydroxylation is 1. The summed E-state index contributed by atoms with van der Waals surface area (Å²) in [4.78, 5) is 25.2. The van der Waals surface area contributed by atoms with Crippen molar-refractivity contribution in [2.45, 2.75) is 63.8 Å². The third-order valence-electron chi connectivity index (χ3n) is 7.81. The zero-order valence-electron chi connectivity index (χ0n) is 17.7. The number of aromatic nitrogens is 2. The van der Waals surface area contributed by atoms with Gasteiger partial charge in [0, 0.05) is 17.6 Å². The lowest BCUT2D eigenvalue weighted by Gasteiger charge is -2.44. The van der Waals surface area contributed by atoms with Crippen molar-refractivity contribution in [1.29, 1.82) is 10.5 Å². The van der Waals surface area contributed by atoms with Crippen molar-refractivity contribution >= 4 is 11.6 Å². The number of carbonyl (C=O) groups is 1. The summed E-state index contributed by atoms with van der Waals surface area (Å²) in [6, 6.07) is 8.49. The Morgan fingerprint density at radius 2 is 1.90 bits per heavy atom. The number of carbonyl (C=O) groups excluding carboxylic acids is 1. The van der Waals surface area contributed by atoms with Crippen LogP contribution in [0.3, 0.4) is 0 Å². The fourth-order valence-corrected chi connectivity index (χ4v) is 6.12. The highest BCUT2D eigenvalue weighted by atomic mass is 19.1. The first-order chi connectivity index (χ1) is 14.8. The van der Waals surface area contributed by atoms with Gasteiger partial charge in [-0.3, -0.25) is 4.79 Å². The van der Waals surface area contributed by atoms with Crippen molar-refractivity contribution in [2.24, 2.45) is 5.41 Å². The molecule has 0 spiro atoms. The van der Waals surface area contributed by atoms with Crippen molar-refractivity contribution in [3.05, 3.63) is 52.4 Å². The summed E-state index contributed by atoms with van der Waals surface area (Å²) in [7, 11) is 0. The van der Waals surface area contributed by atoms with Gasteiger partial charge in [-0.1, -0.05) is 13.8 Å². The smallest absolute Gasteiger partial charge is 0.240 e. The van der Waals surface area contributed by atoms with Crippen LogP contribution in [0, 0.1) is 33.9 Å². The summed E-state index contributed by atoms with van der Waals surface area (Å²) in [5.41, 5.74) is 1.36. The van der Waals surface area contributed by atoms with Crippen LogP contribution >= 0.6 is 0 Å². The standard InChI is InChI=1S/C24H22FN5O/c1-13-4-5-14-10-15(25)6-7-19(14)30(13)22(31)24-9-8-16(23(24,2)3)20-21(24)29-18(12-27)17(11-26)28-20/h6-7,10,13,16H,4-5,8-9H2,1-3H3/t13-,16-,24+/m0/s1. The van der Waals surface area contributed by atoms with E-state index in [1.54, 1.807) is 6.07 Å². The van der Waals surface area contributed by atoms with Gasteiger partial charge in [0.25, 0.3) is 0 Å². The molecular weight excluding hydrogens is 393 g/mol. The summed E-state index contributed by atoms with van der Waals surface area (Å²) in [6.45, 7) is 6.13. The van der Waals surface area contributed by atoms with E-state index in [2.05, 4.69) is 23.8 Å². The molecule has 0 radical (unpaired) electrons. The average molecular weight is 415 g/mol. The van der Waals surface area contributed by atoms with Crippen molar-refractivity contribution in [1.82, 2.24) is 9.97 Å². The largest absolute Gasteiger partial charge is 0.309 e. The number of anilines is 1. The molecule has 5 rings (SSSR count). The molecule has 1 fully saturated rings. The van der Waals surface area contributed by atoms with Crippen LogP contribution in [0.5, 0.6) is 0 Å². The summed E-state index contributed by atoms with van der Waals surface area (Å²) in [5.74, 6) is -0.381. The number of nitriles is 2. The van der Waals surface area contributed by atoms with Crippen LogP contribution in [0.4, 0.5) is 10.1 Å². The fourth-order valence-electron chi connectivity index (χ4n) is 6.12. The zero-order valence-corrected chi connectivity index (χ0v) is 17.7. The van der Waals surface area contributed by atoms with Crippen LogP contribution in [0.15, 0.2) is 18.2 Å². The number of hydrogen-bond donors (Lipinski definition) is 0. The van der Waals surface area contributed by atoms with Gasteiger partial charge in [0.05, 0.1) is 16.8 Å². The predicted molar refractivity (Wildman–Crippen MR) is 111 cm³/mol. The van der Waals surface area contributed by atoms with Gasteiger partial charge in [0.1, 0.15) is 18.0 Å². The maximum absolute atomic E-state index is 14.4. The second-order valence-electron chi connectivity index (χ2n) is 9.43. The lowest BCUT2D eigenvalue weighted by atomic mass is 9.67. The van der Waals surface area contributed by atoms with Crippen LogP contribution < -0.4 is 4.90 Å². The van der Waals surface area contributed by atoms with Crippen molar-refractivity contribution in [3.63, 3.8) is 0 Å². The highest BCUT2D eigenvalue weighted by Crippen LogP contribution is 2.67. The van der Waals surface area contributed by atoms with Crippen LogP contribution in [-0.2, 0) is 16.6 Å². The monoisotopic (exact) mass is 415 g/mol. The molecule has 7 heteroatoms. The average Bonchev–Trinajstić information content (AvgIpc) is 3.13. The number of amides is 1. The molecule has 1 aromatic heterocycles. The second-order valence-corrected chi connectivity index (χ2v) is 9.43. The Labute approximate surface area is 180 Å². The number of benzene rings is 1. The third-order valence-corrected chi connectivity index (χ3v) is 7.81. The minimum atomic E-state index is -0.934. The molecule has 1 aliphatic heterocycles. The first-order valence-electron chi connectivity index (χ1n) is 10.6. The van der Waals surface area contributed by atoms with Crippen LogP contribution in [0.1, 0.15) is 74.3 Å². The molecule has 0 unspecified atom stereocenters. The van der Waals surface area contributed by atoms with Gasteiger partial charge in [0.15, 0.2) is 11.4 Å². The van der Waals surface area contributed by atoms with Gasteiger partial charge >= 0.3 is 0 Å². The molecule has 3 aliphatic rings. The Bertz CT molecular complexity index is 1220. The Hall–Kier alpha value is -3.32. The van der Waals surface area contributed by atoms with Crippen molar-refractivity contribution in [2.75, 3.05) is 4.90 Å². The number of fused-ring (bicyclic) bond motifs is 6. The van der Waals surface area contributed by atoms with Crippen LogP contribution in [0.2, 0.25) is 0 Å². The van der Waals surface area contributed by atoms with E-state index in [-0.39, 0.29) is 35.1 Å². The van der Waals surface area contributed by atoms with Crippen molar-refractivity contribution < 1.29 is 9.18 Å². The summed E-state index contributed by atoms with van der Waals surface area (Å²) < 4.78 is 13.9. The highest BCUT2D eigenvalue weighted by Gasteiger charge is 2.69. The Kier molecular flexibility index (Phi) is 4.02. The molecule has 2 aliphatic carbocycles. The lowest BCUT2D eigenvalue weighted by molar-refractivity contribution is -0.127. The molecule has 31 heavy (non-hydrogen) atoms. The van der Waals surface area contributed by atoms with Gasteiger partial charge in [-0.2, -0.15) is 10.5 Å². The molecule has 1 saturated carbocycles. The van der Waals surface area contributed by atoms with Gasteiger partial charge in [-0.25, -0.2) is 14.4 Å². The molecule has 1 aromatic carbocycles. The number of hydrogen-bond acceptors (Lipinski definition) is 5. The molecule has 156 valence electrons. The lowest BCUT2D eigenvalue weighted by Crippen LogP contribution is -2.55. The number of rotatable bonds is 1. The minimum absolute atomic E-state index is 0.00780. The summed E-state index contributed by atoms with van der Waals surface area (Å²) >= 11 is 0. The van der Waals surface area contributed by atoms with E-state index in [1.165, 1.54) is 12.1 Å². The third kappa shape index (κ3) is 2.32. The SMILES string of the molecule is C[C@H]1CCc2cc(F)ccc2N1C(=O)[C@@]12CC[C@@H](c3nc(C#N)c(C#N)nc31)C2(C)C. The second kappa shape index (κ2) is 6.34. The molecular formula is C24H22FN5O. The molecule has 2 heterocycles. The Morgan fingerprint density at radius 3 is 2.61 bits per heavy atom. The van der Waals surface area contributed by atoms with Crippen LogP contribution in [-0.4, -0.2) is 21.9 Å². The van der Waals surface area contributed by atoms with Gasteiger partial charge in [-0.05, 0) is 61.8 Å². The van der Waals surface area contributed by atoms with Crippen LogP contribution in [0.25, 0.3) is 0 Å². The Balaban J connectivity index is 1.72. The van der Waals surface area contributed by atoms with Gasteiger partial charge in [-0.15, -0.1) is 0 Å². The predicted octanol–water partition coefficient (Wildman–Crippen LogP) is 3.88. The number of nitrogens with zero attached hydrogens (tertiary/aromatic N) is 5. The van der Waals surface area contributed by atoms with E-state index in [1.807, 2.05) is 24.0 Å². The van der Waals surface area contributed by atoms with E-state index in [9.17, 15) is 19.7 Å². The van der Waals surface area contributed by atoms with Gasteiger partial charge < -0.3 is 4.90 Å². The Morgan fingerprint density at radius 1 is 1.19 bits per heavy atom. The molecule has 0 saturated heterocycles. The fraction of sp³-hybridized carbons (Fsp3) is 0.458. The van der Waals surface area contributed by atoms with E-state index in [0.29, 0.717) is 17.8 Å². The minimum Gasteiger partial charge on any atom is -0.309 e. The molecule has 2 aromatic rings. The van der Waals surface area contributed by atoms with E-state index >= 15 is 0 Å². The first kappa shape index (κ1) is 19.6. The van der Waals surface area contributed by atoms with Gasteiger partial charge in [0.2, 0.25) is 5.91 Å². The summed E-state index contributed by atoms with van der Waals surface area (Å²) in [5, 5.41) is 18.9. The molecule has 3 atom stereocenters. The molecule has 1 amide bonds. The van der Waals surface area contributed by atoms with E-state index < -0.39 is 10.8 Å². The van der Waals surface area contributed by atoms with Crippen molar-refractivity contribution in [3.8, 4) is 12.1 Å². The maximum atomic E-state index is 14.4. The number of halogens is 1. The van der Waals surface area contributed by atoms with E-state index in [4.69, 9.17) is 0 Å². The molecule has 0 N–H and O–H groups in total. The zero-order chi connectivity index (χ0) is 22.1. The maximum Gasteiger partial charge on any atom is 0.240 e. The van der Waals surface area contributed by atoms with E-state index in [0.717, 1.165) is 30.5 Å². The molecule has 6 nitrogen and oxygen atoms in total. The first-order valence-corrected chi connectivity index (χ1v) is 10.6. The molecule has 2 bridgehead atoms. The normalized spacial score (nSPS) is 27.2. The quantitative estimate of drug-likeness (QED) is 0.704.